The van der Waals surface area contributed by atoms with Crippen molar-refractivity contribution in [1.82, 2.24) is 15.0 Å². The van der Waals surface area contributed by atoms with Crippen LogP contribution < -0.4 is 5.73 Å². The van der Waals surface area contributed by atoms with Crippen molar-refractivity contribution in [2.45, 2.75) is 0 Å². The number of rotatable bonds is 7. The quantitative estimate of drug-likeness (QED) is 0.0527. The van der Waals surface area contributed by atoms with Gasteiger partial charge in [0.05, 0.1) is 36.2 Å². The molecule has 3 aromatic carbocycles. The van der Waals surface area contributed by atoms with Gasteiger partial charge in [-0.25, -0.2) is 4.98 Å². The van der Waals surface area contributed by atoms with Gasteiger partial charge in [0.2, 0.25) is 11.6 Å². The minimum atomic E-state index is -0.625. The minimum Gasteiger partial charge on any atom is -0.398 e. The molecule has 0 bridgehead atoms. The minimum absolute atomic E-state index is 0.00694. The van der Waals surface area contributed by atoms with Crippen LogP contribution in [0.3, 0.4) is 0 Å². The molecule has 3 heterocycles. The third-order valence-corrected chi connectivity index (χ3v) is 9.26. The highest BCUT2D eigenvalue weighted by Gasteiger charge is 2.22. The van der Waals surface area contributed by atoms with Crippen LogP contribution in [0.1, 0.15) is 40.8 Å². The zero-order chi connectivity index (χ0) is 36.8. The number of hydrogen-bond acceptors (Lipinski definition) is 14. The molecule has 6 aromatic rings. The monoisotopic (exact) mass is 854 g/mol. The fourth-order valence-corrected chi connectivity index (χ4v) is 5.96. The predicted molar refractivity (Wildman–Crippen MR) is 198 cm³/mol. The lowest BCUT2D eigenvalue weighted by Gasteiger charge is -2.02. The summed E-state index contributed by atoms with van der Waals surface area (Å²) < 4.78 is 0.947. The van der Waals surface area contributed by atoms with E-state index in [0.717, 1.165) is 15.3 Å². The van der Waals surface area contributed by atoms with Crippen LogP contribution in [0.25, 0.3) is 0 Å². The summed E-state index contributed by atoms with van der Waals surface area (Å²) in [6.07, 6.45) is 5.06. The average molecular weight is 857 g/mol. The molecular formula is C30H18BrCl3N6O7S3. The second-order valence-electron chi connectivity index (χ2n) is 8.90. The van der Waals surface area contributed by atoms with E-state index >= 15 is 0 Å². The van der Waals surface area contributed by atoms with E-state index in [2.05, 4.69) is 30.9 Å². The summed E-state index contributed by atoms with van der Waals surface area (Å²) in [5, 5.41) is 24.1. The van der Waals surface area contributed by atoms with Crippen LogP contribution in [0, 0.1) is 20.2 Å². The largest absolute Gasteiger partial charge is 0.398 e. The van der Waals surface area contributed by atoms with Crippen LogP contribution in [-0.4, -0.2) is 42.7 Å². The molecule has 0 unspecified atom stereocenters. The maximum atomic E-state index is 12.0. The number of carbonyl (C=O) groups is 3. The molecule has 2 N–H and O–H groups in total. The van der Waals surface area contributed by atoms with E-state index in [1.165, 1.54) is 65.6 Å². The molecule has 6 rings (SSSR count). The lowest BCUT2D eigenvalue weighted by atomic mass is 10.1. The Kier molecular flexibility index (Phi) is 15.7. The molecule has 50 heavy (non-hydrogen) atoms. The molecule has 0 saturated heterocycles. The average Bonchev–Trinajstić information content (AvgIpc) is 3.91. The Balaban J connectivity index is 0.000000189. The fourth-order valence-electron chi connectivity index (χ4n) is 3.49. The Labute approximate surface area is 317 Å². The number of nitro benzene ring substituents is 2. The summed E-state index contributed by atoms with van der Waals surface area (Å²) >= 11 is 24.2. The van der Waals surface area contributed by atoms with Crippen molar-refractivity contribution >= 4 is 120 Å². The van der Waals surface area contributed by atoms with Gasteiger partial charge >= 0.3 is 0 Å². The van der Waals surface area contributed by atoms with E-state index in [1.54, 1.807) is 41.2 Å². The number of halogens is 4. The van der Waals surface area contributed by atoms with Crippen LogP contribution in [0.4, 0.5) is 17.1 Å². The Morgan fingerprint density at radius 3 is 1.70 bits per heavy atom. The van der Waals surface area contributed by atoms with E-state index < -0.39 is 15.6 Å². The van der Waals surface area contributed by atoms with Crippen LogP contribution in [0.5, 0.6) is 0 Å². The van der Waals surface area contributed by atoms with Crippen molar-refractivity contribution in [3.05, 3.63) is 155 Å². The van der Waals surface area contributed by atoms with Gasteiger partial charge in [0, 0.05) is 62.4 Å². The number of thiazole rings is 3. The summed E-state index contributed by atoms with van der Waals surface area (Å²) in [5.41, 5.74) is 9.13. The molecule has 0 aliphatic rings. The standard InChI is InChI=1S/C10H5ClN2O3S.C10H7ClN2OS.C7H4ClNO3.C3H2BrNS/c11-6-1-2-8(13(15)16)7(3-6)10(14)9-4-12-5-17-9;11-6-1-2-8(12)7(3-6)10(14)9-4-13-5-15-9;8-6-1-2-7(9(11)12)5(3-6)4-10;4-3-5-1-2-6-3/h1-5H;1-5H,12H2;1-4H;1-2H. The first-order valence-electron chi connectivity index (χ1n) is 13.1. The highest BCUT2D eigenvalue weighted by molar-refractivity contribution is 9.11. The van der Waals surface area contributed by atoms with Crippen LogP contribution in [0.2, 0.25) is 15.1 Å². The first-order chi connectivity index (χ1) is 23.8. The molecular weight excluding hydrogens is 839 g/mol. The molecule has 256 valence electrons. The third kappa shape index (κ3) is 11.8. The molecule has 13 nitrogen and oxygen atoms in total. The number of nitrogens with two attached hydrogens (primary N) is 1. The fraction of sp³-hybridized carbons (Fsp3) is 0. The van der Waals surface area contributed by atoms with E-state index in [0.29, 0.717) is 37.3 Å². The predicted octanol–water partition coefficient (Wildman–Crippen LogP) is 9.51. The lowest BCUT2D eigenvalue weighted by molar-refractivity contribution is -0.385. The molecule has 20 heteroatoms. The number of hydrogen-bond donors (Lipinski definition) is 1. The Bertz CT molecular complexity index is 2100. The Morgan fingerprint density at radius 1 is 0.760 bits per heavy atom. The smallest absolute Gasteiger partial charge is 0.280 e. The summed E-state index contributed by atoms with van der Waals surface area (Å²) in [6.45, 7) is 0. The molecule has 0 radical (unpaired) electrons. The molecule has 0 aliphatic carbocycles. The first kappa shape index (κ1) is 39.9. The van der Waals surface area contributed by atoms with Gasteiger partial charge in [-0.3, -0.25) is 44.6 Å². The number of ketones is 2. The highest BCUT2D eigenvalue weighted by atomic mass is 79.9. The van der Waals surface area contributed by atoms with Crippen LogP contribution in [-0.2, 0) is 0 Å². The van der Waals surface area contributed by atoms with Gasteiger partial charge in [0.15, 0.2) is 10.2 Å². The van der Waals surface area contributed by atoms with Gasteiger partial charge in [-0.15, -0.1) is 34.0 Å². The Morgan fingerprint density at radius 2 is 1.26 bits per heavy atom. The van der Waals surface area contributed by atoms with E-state index in [1.807, 2.05) is 5.38 Å². The van der Waals surface area contributed by atoms with E-state index in [-0.39, 0.29) is 33.3 Å². The molecule has 0 atom stereocenters. The second kappa shape index (κ2) is 19.6. The number of aldehydes is 1. The summed E-state index contributed by atoms with van der Waals surface area (Å²) in [7, 11) is 0. The number of anilines is 1. The van der Waals surface area contributed by atoms with Crippen molar-refractivity contribution in [2.24, 2.45) is 0 Å². The molecule has 0 spiro atoms. The van der Waals surface area contributed by atoms with Crippen molar-refractivity contribution < 1.29 is 24.2 Å². The van der Waals surface area contributed by atoms with Crippen molar-refractivity contribution in [3.63, 3.8) is 0 Å². The van der Waals surface area contributed by atoms with Crippen LogP contribution in [0.15, 0.2) is 93.5 Å². The third-order valence-electron chi connectivity index (χ3n) is 5.69. The number of nitrogen functional groups attached to an aromatic ring is 1. The highest BCUT2D eigenvalue weighted by Crippen LogP contribution is 2.26. The number of carbonyl (C=O) groups excluding carboxylic acids is 3. The number of nitro groups is 2. The molecule has 3 aromatic heterocycles. The van der Waals surface area contributed by atoms with E-state index in [9.17, 15) is 34.6 Å². The molecule has 0 aliphatic heterocycles. The molecule has 0 fully saturated rings. The zero-order valence-corrected chi connectivity index (χ0v) is 30.9. The van der Waals surface area contributed by atoms with Crippen molar-refractivity contribution in [1.29, 1.82) is 0 Å². The number of benzene rings is 3. The summed E-state index contributed by atoms with van der Waals surface area (Å²) in [6, 6.07) is 12.6. The van der Waals surface area contributed by atoms with Crippen LogP contribution >= 0.6 is 84.7 Å². The lowest BCUT2D eigenvalue weighted by Crippen LogP contribution is -2.03. The Hall–Kier alpha value is -4.49. The summed E-state index contributed by atoms with van der Waals surface area (Å²) in [5.74, 6) is -0.584. The normalized spacial score (nSPS) is 9.84. The topological polar surface area (TPSA) is 202 Å². The van der Waals surface area contributed by atoms with Crippen molar-refractivity contribution in [3.8, 4) is 0 Å². The zero-order valence-electron chi connectivity index (χ0n) is 24.6. The second-order valence-corrected chi connectivity index (χ2v) is 14.2. The van der Waals surface area contributed by atoms with Gasteiger partial charge in [-0.05, 0) is 58.4 Å². The SMILES string of the molecule is Brc1nccs1.Nc1ccc(Cl)cc1C(=O)c1cncs1.O=C(c1cncs1)c1cc(Cl)ccc1[N+](=O)[O-].O=Cc1cc(Cl)ccc1[N+](=O)[O-]. The molecule has 0 saturated carbocycles. The van der Waals surface area contributed by atoms with Gasteiger partial charge in [-0.2, -0.15) is 0 Å². The maximum Gasteiger partial charge on any atom is 0.280 e. The number of aromatic nitrogens is 3. The van der Waals surface area contributed by atoms with E-state index in [4.69, 9.17) is 40.5 Å². The molecule has 0 amide bonds. The summed E-state index contributed by atoms with van der Waals surface area (Å²) in [4.78, 5) is 66.5. The maximum absolute atomic E-state index is 12.0. The number of nitrogens with zero attached hydrogens (tertiary/aromatic N) is 5. The first-order valence-corrected chi connectivity index (χ1v) is 17.7. The van der Waals surface area contributed by atoms with Gasteiger partial charge in [-0.1, -0.05) is 34.8 Å². The van der Waals surface area contributed by atoms with Gasteiger partial charge in [0.25, 0.3) is 11.4 Å². The van der Waals surface area contributed by atoms with Gasteiger partial charge in [0.1, 0.15) is 5.56 Å². The van der Waals surface area contributed by atoms with Gasteiger partial charge < -0.3 is 5.73 Å². The van der Waals surface area contributed by atoms with Crippen molar-refractivity contribution in [2.75, 3.05) is 5.73 Å².